The van der Waals surface area contributed by atoms with Gasteiger partial charge < -0.3 is 10.5 Å². The second kappa shape index (κ2) is 7.59. The van der Waals surface area contributed by atoms with Crippen molar-refractivity contribution in [2.75, 3.05) is 12.3 Å². The van der Waals surface area contributed by atoms with Crippen molar-refractivity contribution in [3.05, 3.63) is 33.5 Å². The zero-order valence-electron chi connectivity index (χ0n) is 12.4. The molecule has 1 heterocycles. The van der Waals surface area contributed by atoms with Gasteiger partial charge in [-0.3, -0.25) is 0 Å². The largest absolute Gasteiger partial charge is 0.494 e. The summed E-state index contributed by atoms with van der Waals surface area (Å²) in [5.74, 6) is 2.05. The molecule has 0 saturated carbocycles. The molecule has 0 bridgehead atoms. The van der Waals surface area contributed by atoms with E-state index in [0.29, 0.717) is 18.2 Å². The number of aromatic nitrogens is 2. The molecule has 2 aromatic rings. The normalized spacial score (nSPS) is 10.6. The summed E-state index contributed by atoms with van der Waals surface area (Å²) in [5.41, 5.74) is 7.97. The fourth-order valence-corrected chi connectivity index (χ4v) is 2.50. The molecule has 0 aliphatic heterocycles. The van der Waals surface area contributed by atoms with E-state index in [2.05, 4.69) is 46.4 Å². The van der Waals surface area contributed by atoms with Crippen LogP contribution in [0, 0.1) is 3.57 Å². The highest BCUT2D eigenvalue weighted by Gasteiger charge is 2.11. The first kappa shape index (κ1) is 16.0. The van der Waals surface area contributed by atoms with Gasteiger partial charge in [0.15, 0.2) is 5.82 Å². The van der Waals surface area contributed by atoms with Crippen molar-refractivity contribution >= 4 is 28.4 Å². The van der Waals surface area contributed by atoms with Gasteiger partial charge in [0.2, 0.25) is 0 Å². The lowest BCUT2D eigenvalue weighted by Gasteiger charge is -2.10. The number of nitrogen functional groups attached to an aromatic ring is 1. The average Bonchev–Trinajstić information content (AvgIpc) is 2.50. The summed E-state index contributed by atoms with van der Waals surface area (Å²) in [4.78, 5) is 9.07. The fourth-order valence-electron chi connectivity index (χ4n) is 1.99. The third-order valence-corrected chi connectivity index (χ3v) is 4.17. The van der Waals surface area contributed by atoms with Crippen LogP contribution in [0.15, 0.2) is 24.3 Å². The first-order chi connectivity index (χ1) is 10.2. The van der Waals surface area contributed by atoms with Gasteiger partial charge in [-0.1, -0.05) is 32.4 Å². The summed E-state index contributed by atoms with van der Waals surface area (Å²) >= 11 is 2.21. The van der Waals surface area contributed by atoms with Crippen molar-refractivity contribution in [2.45, 2.75) is 33.1 Å². The summed E-state index contributed by atoms with van der Waals surface area (Å²) in [6.45, 7) is 4.93. The van der Waals surface area contributed by atoms with Gasteiger partial charge in [0.25, 0.3) is 0 Å². The minimum absolute atomic E-state index is 0.545. The number of hydrogen-bond donors (Lipinski definition) is 1. The van der Waals surface area contributed by atoms with Gasteiger partial charge in [0.05, 0.1) is 15.9 Å². The lowest BCUT2D eigenvalue weighted by Crippen LogP contribution is -2.05. The SMILES string of the molecule is CCCOc1cccc(-c2nc(N)c(I)c(CCC)n2)c1. The lowest BCUT2D eigenvalue weighted by atomic mass is 10.2. The molecule has 2 N–H and O–H groups in total. The molecule has 0 saturated heterocycles. The highest BCUT2D eigenvalue weighted by atomic mass is 127. The molecule has 5 heteroatoms. The number of nitrogens with two attached hydrogens (primary N) is 1. The van der Waals surface area contributed by atoms with Crippen molar-refractivity contribution < 1.29 is 4.74 Å². The van der Waals surface area contributed by atoms with Crippen molar-refractivity contribution in [1.29, 1.82) is 0 Å². The molecular weight excluding hydrogens is 377 g/mol. The van der Waals surface area contributed by atoms with E-state index in [1.165, 1.54) is 0 Å². The molecular formula is C16H20IN3O. The Morgan fingerprint density at radius 3 is 2.71 bits per heavy atom. The lowest BCUT2D eigenvalue weighted by molar-refractivity contribution is 0.317. The molecule has 112 valence electrons. The number of hydrogen-bond acceptors (Lipinski definition) is 4. The fraction of sp³-hybridized carbons (Fsp3) is 0.375. The minimum atomic E-state index is 0.545. The quantitative estimate of drug-likeness (QED) is 0.747. The number of benzene rings is 1. The molecule has 21 heavy (non-hydrogen) atoms. The Balaban J connectivity index is 2.37. The maximum absolute atomic E-state index is 6.02. The smallest absolute Gasteiger partial charge is 0.161 e. The highest BCUT2D eigenvalue weighted by molar-refractivity contribution is 14.1. The monoisotopic (exact) mass is 397 g/mol. The summed E-state index contributed by atoms with van der Waals surface area (Å²) in [5, 5.41) is 0. The van der Waals surface area contributed by atoms with Crippen LogP contribution < -0.4 is 10.5 Å². The summed E-state index contributed by atoms with van der Waals surface area (Å²) < 4.78 is 6.62. The van der Waals surface area contributed by atoms with E-state index in [0.717, 1.165) is 39.8 Å². The summed E-state index contributed by atoms with van der Waals surface area (Å²) in [7, 11) is 0. The molecule has 1 aromatic carbocycles. The third kappa shape index (κ3) is 4.06. The van der Waals surface area contributed by atoms with E-state index < -0.39 is 0 Å². The van der Waals surface area contributed by atoms with Crippen LogP contribution in [-0.4, -0.2) is 16.6 Å². The van der Waals surface area contributed by atoms with Gasteiger partial charge in [0, 0.05) is 5.56 Å². The van der Waals surface area contributed by atoms with E-state index >= 15 is 0 Å². The van der Waals surface area contributed by atoms with E-state index in [9.17, 15) is 0 Å². The van der Waals surface area contributed by atoms with Gasteiger partial charge in [-0.05, 0) is 47.6 Å². The number of rotatable bonds is 6. The van der Waals surface area contributed by atoms with Gasteiger partial charge in [-0.15, -0.1) is 0 Å². The van der Waals surface area contributed by atoms with Crippen LogP contribution in [0.4, 0.5) is 5.82 Å². The van der Waals surface area contributed by atoms with Crippen LogP contribution >= 0.6 is 22.6 Å². The van der Waals surface area contributed by atoms with Crippen molar-refractivity contribution in [1.82, 2.24) is 9.97 Å². The molecule has 0 unspecified atom stereocenters. The van der Waals surface area contributed by atoms with Crippen molar-refractivity contribution in [3.63, 3.8) is 0 Å². The third-order valence-electron chi connectivity index (χ3n) is 3.00. The Morgan fingerprint density at radius 1 is 1.19 bits per heavy atom. The minimum Gasteiger partial charge on any atom is -0.494 e. The molecule has 0 amide bonds. The van der Waals surface area contributed by atoms with Crippen molar-refractivity contribution in [2.24, 2.45) is 0 Å². The molecule has 0 aliphatic carbocycles. The molecule has 0 fully saturated rings. The molecule has 0 atom stereocenters. The van der Waals surface area contributed by atoms with Gasteiger partial charge >= 0.3 is 0 Å². The molecule has 0 spiro atoms. The Bertz CT molecular complexity index is 616. The number of halogens is 1. The number of anilines is 1. The van der Waals surface area contributed by atoms with Crippen LogP contribution in [0.25, 0.3) is 11.4 Å². The zero-order chi connectivity index (χ0) is 15.2. The topological polar surface area (TPSA) is 61.0 Å². The Morgan fingerprint density at radius 2 is 2.00 bits per heavy atom. The van der Waals surface area contributed by atoms with Gasteiger partial charge in [0.1, 0.15) is 11.6 Å². The number of nitrogens with zero attached hydrogens (tertiary/aromatic N) is 2. The van der Waals surface area contributed by atoms with Crippen LogP contribution in [-0.2, 0) is 6.42 Å². The number of aryl methyl sites for hydroxylation is 1. The second-order valence-electron chi connectivity index (χ2n) is 4.82. The highest BCUT2D eigenvalue weighted by Crippen LogP contribution is 2.25. The first-order valence-corrected chi connectivity index (χ1v) is 8.28. The summed E-state index contributed by atoms with van der Waals surface area (Å²) in [6.07, 6.45) is 2.92. The van der Waals surface area contributed by atoms with Gasteiger partial charge in [-0.2, -0.15) is 0 Å². The number of ether oxygens (including phenoxy) is 1. The Hall–Kier alpha value is -1.37. The predicted octanol–water partition coefficient (Wildman–Crippen LogP) is 4.07. The molecule has 2 rings (SSSR count). The standard InChI is InChI=1S/C16H20IN3O/c1-3-6-13-14(17)15(18)20-16(19-13)11-7-5-8-12(10-11)21-9-4-2/h5,7-8,10H,3-4,6,9H2,1-2H3,(H2,18,19,20). The van der Waals surface area contributed by atoms with Crippen LogP contribution in [0.3, 0.4) is 0 Å². The van der Waals surface area contributed by atoms with Crippen LogP contribution in [0.5, 0.6) is 5.75 Å². The predicted molar refractivity (Wildman–Crippen MR) is 94.4 cm³/mol. The van der Waals surface area contributed by atoms with Gasteiger partial charge in [-0.25, -0.2) is 9.97 Å². The van der Waals surface area contributed by atoms with E-state index in [-0.39, 0.29) is 0 Å². The Labute approximate surface area is 139 Å². The second-order valence-corrected chi connectivity index (χ2v) is 5.90. The average molecular weight is 397 g/mol. The maximum Gasteiger partial charge on any atom is 0.161 e. The Kier molecular flexibility index (Phi) is 5.78. The molecule has 0 radical (unpaired) electrons. The molecule has 4 nitrogen and oxygen atoms in total. The van der Waals surface area contributed by atoms with E-state index in [1.54, 1.807) is 0 Å². The van der Waals surface area contributed by atoms with Crippen LogP contribution in [0.1, 0.15) is 32.4 Å². The van der Waals surface area contributed by atoms with E-state index in [4.69, 9.17) is 10.5 Å². The van der Waals surface area contributed by atoms with E-state index in [1.807, 2.05) is 24.3 Å². The van der Waals surface area contributed by atoms with Crippen LogP contribution in [0.2, 0.25) is 0 Å². The first-order valence-electron chi connectivity index (χ1n) is 7.20. The van der Waals surface area contributed by atoms with Crippen molar-refractivity contribution in [3.8, 4) is 17.1 Å². The maximum atomic E-state index is 6.02. The molecule has 0 aliphatic rings. The molecule has 1 aromatic heterocycles. The zero-order valence-corrected chi connectivity index (χ0v) is 14.6. The summed E-state index contributed by atoms with van der Waals surface area (Å²) in [6, 6.07) is 7.85.